The Hall–Kier alpha value is -0.000000000000000111. The number of ether oxygens (including phenoxy) is 1. The molecule has 1 heterocycles. The Morgan fingerprint density at radius 1 is 1.28 bits per heavy atom. The summed E-state index contributed by atoms with van der Waals surface area (Å²) in [5.41, 5.74) is 0.136. The maximum Gasteiger partial charge on any atom is 0.210 e. The van der Waals surface area contributed by atoms with Crippen LogP contribution < -0.4 is 0 Å². The Balaban J connectivity index is 3.12. The monoisotopic (exact) mass is 315 g/mol. The van der Waals surface area contributed by atoms with Crippen molar-refractivity contribution in [2.24, 2.45) is 0 Å². The number of alkyl halides is 3. The number of nitrogens with zero attached hydrogens (tertiary/aromatic N) is 1. The molecule has 0 aromatic rings. The molecule has 0 amide bonds. The normalized spacial score (nSPS) is 21.4. The van der Waals surface area contributed by atoms with E-state index in [9.17, 15) is 9.90 Å². The number of allylic oxidation sites excluding steroid dienone is 1. The number of rotatable bonds is 3. The predicted molar refractivity (Wildman–Crippen MR) is 72.5 cm³/mol. The van der Waals surface area contributed by atoms with Gasteiger partial charge in [0.25, 0.3) is 0 Å². The first kappa shape index (κ1) is 16.1. The quantitative estimate of drug-likeness (QED) is 0.494. The lowest BCUT2D eigenvalue weighted by Crippen LogP contribution is -2.51. The van der Waals surface area contributed by atoms with Crippen molar-refractivity contribution in [2.45, 2.75) is 23.7 Å². The topological polar surface area (TPSA) is 49.8 Å². The zero-order valence-corrected chi connectivity index (χ0v) is 12.5. The number of hydrogen-bond acceptors (Lipinski definition) is 4. The van der Waals surface area contributed by atoms with E-state index in [1.807, 2.05) is 4.90 Å². The molecule has 0 unspecified atom stereocenters. The minimum Gasteiger partial charge on any atom is -0.512 e. The van der Waals surface area contributed by atoms with Crippen molar-refractivity contribution in [1.82, 2.24) is 4.90 Å². The Morgan fingerprint density at radius 2 is 1.78 bits per heavy atom. The Labute approximate surface area is 121 Å². The third-order valence-corrected chi connectivity index (χ3v) is 3.38. The summed E-state index contributed by atoms with van der Waals surface area (Å²) >= 11 is 17.9. The molecule has 1 fully saturated rings. The number of morpholine rings is 1. The van der Waals surface area contributed by atoms with Gasteiger partial charge in [-0.3, -0.25) is 9.69 Å². The summed E-state index contributed by atoms with van der Waals surface area (Å²) in [7, 11) is 0. The molecule has 1 N–H and O–H groups in total. The van der Waals surface area contributed by atoms with Gasteiger partial charge in [-0.1, -0.05) is 34.8 Å². The number of hydrogen-bond donors (Lipinski definition) is 1. The van der Waals surface area contributed by atoms with Gasteiger partial charge in [0.05, 0.1) is 30.6 Å². The van der Waals surface area contributed by atoms with Crippen LogP contribution in [-0.2, 0) is 9.53 Å². The smallest absolute Gasteiger partial charge is 0.210 e. The van der Waals surface area contributed by atoms with Crippen molar-refractivity contribution in [3.8, 4) is 0 Å². The molecule has 0 aromatic carbocycles. The van der Waals surface area contributed by atoms with Gasteiger partial charge in [-0.05, 0) is 13.8 Å². The molecule has 1 rings (SSSR count). The largest absolute Gasteiger partial charge is 0.512 e. The second-order valence-electron chi connectivity index (χ2n) is 4.15. The van der Waals surface area contributed by atoms with E-state index >= 15 is 0 Å². The van der Waals surface area contributed by atoms with Crippen LogP contribution in [0.2, 0.25) is 0 Å². The van der Waals surface area contributed by atoms with Crippen molar-refractivity contribution >= 4 is 40.6 Å². The molecule has 0 aromatic heterocycles. The zero-order valence-electron chi connectivity index (χ0n) is 10.3. The average molecular weight is 317 g/mol. The van der Waals surface area contributed by atoms with Crippen LogP contribution in [0.3, 0.4) is 0 Å². The van der Waals surface area contributed by atoms with Crippen LogP contribution in [0.4, 0.5) is 0 Å². The molecule has 1 aliphatic rings. The van der Waals surface area contributed by atoms with E-state index in [-0.39, 0.29) is 17.1 Å². The molecule has 0 radical (unpaired) electrons. The van der Waals surface area contributed by atoms with Crippen LogP contribution in [0, 0.1) is 0 Å². The van der Waals surface area contributed by atoms with E-state index in [2.05, 4.69) is 0 Å². The molecule has 0 aliphatic carbocycles. The van der Waals surface area contributed by atoms with E-state index in [4.69, 9.17) is 39.5 Å². The molecular formula is C11H16Cl3NO3. The van der Waals surface area contributed by atoms with E-state index in [0.717, 1.165) is 0 Å². The summed E-state index contributed by atoms with van der Waals surface area (Å²) < 4.78 is 3.54. The second kappa shape index (κ2) is 6.44. The highest BCUT2D eigenvalue weighted by molar-refractivity contribution is 6.68. The van der Waals surface area contributed by atoms with Gasteiger partial charge in [0.15, 0.2) is 5.78 Å². The highest BCUT2D eigenvalue weighted by Gasteiger charge is 2.42. The van der Waals surface area contributed by atoms with E-state index in [1.165, 1.54) is 13.8 Å². The van der Waals surface area contributed by atoms with Gasteiger partial charge in [0.2, 0.25) is 3.79 Å². The number of Topliss-reactive ketones (excluding diaryl/α,β-unsaturated/α-hetero) is 1. The summed E-state index contributed by atoms with van der Waals surface area (Å²) in [5, 5.41) is 9.67. The van der Waals surface area contributed by atoms with Crippen molar-refractivity contribution in [1.29, 1.82) is 0 Å². The average Bonchev–Trinajstić information content (AvgIpc) is 2.24. The van der Waals surface area contributed by atoms with Gasteiger partial charge in [-0.25, -0.2) is 0 Å². The first-order valence-electron chi connectivity index (χ1n) is 5.54. The fourth-order valence-electron chi connectivity index (χ4n) is 2.03. The van der Waals surface area contributed by atoms with Crippen molar-refractivity contribution < 1.29 is 14.6 Å². The molecule has 1 aliphatic heterocycles. The van der Waals surface area contributed by atoms with Gasteiger partial charge in [0.1, 0.15) is 0 Å². The van der Waals surface area contributed by atoms with Gasteiger partial charge >= 0.3 is 0 Å². The molecule has 4 nitrogen and oxygen atoms in total. The summed E-state index contributed by atoms with van der Waals surface area (Å²) in [6.45, 7) is 4.87. The van der Waals surface area contributed by atoms with Gasteiger partial charge < -0.3 is 9.84 Å². The van der Waals surface area contributed by atoms with Crippen LogP contribution in [0.1, 0.15) is 13.8 Å². The summed E-state index contributed by atoms with van der Waals surface area (Å²) in [6.07, 6.45) is 0. The number of aliphatic hydroxyl groups is 1. The van der Waals surface area contributed by atoms with Gasteiger partial charge in [0, 0.05) is 13.1 Å². The van der Waals surface area contributed by atoms with E-state index in [0.29, 0.717) is 26.3 Å². The number of ketones is 1. The maximum absolute atomic E-state index is 11.7. The first-order valence-corrected chi connectivity index (χ1v) is 6.67. The Morgan fingerprint density at radius 3 is 2.11 bits per heavy atom. The predicted octanol–water partition coefficient (Wildman–Crippen LogP) is 2.48. The highest BCUT2D eigenvalue weighted by atomic mass is 35.6. The summed E-state index contributed by atoms with van der Waals surface area (Å²) in [6, 6.07) is -0.770. The Bertz CT molecular complexity index is 342. The summed E-state index contributed by atoms with van der Waals surface area (Å²) in [5.74, 6) is -0.428. The zero-order chi connectivity index (χ0) is 13.9. The molecule has 0 spiro atoms. The van der Waals surface area contributed by atoms with E-state index < -0.39 is 9.83 Å². The van der Waals surface area contributed by atoms with Crippen LogP contribution in [0.25, 0.3) is 0 Å². The maximum atomic E-state index is 11.7. The number of carbonyl (C=O) groups excluding carboxylic acids is 1. The van der Waals surface area contributed by atoms with Crippen LogP contribution in [0.15, 0.2) is 11.3 Å². The van der Waals surface area contributed by atoms with Crippen LogP contribution >= 0.6 is 34.8 Å². The van der Waals surface area contributed by atoms with E-state index in [1.54, 1.807) is 0 Å². The molecule has 7 heteroatoms. The third kappa shape index (κ3) is 4.00. The molecule has 0 saturated carbocycles. The standard InChI is InChI=1S/C11H16Cl3NO3/c1-7(16)9(8(2)17)10(11(12,13)14)15-3-5-18-6-4-15/h10,16H,3-6H2,1-2H3/b9-7+/t10-/m0/s1. The third-order valence-electron chi connectivity index (χ3n) is 2.76. The van der Waals surface area contributed by atoms with Crippen LogP contribution in [0.5, 0.6) is 0 Å². The lowest BCUT2D eigenvalue weighted by atomic mass is 10.0. The van der Waals surface area contributed by atoms with Gasteiger partial charge in [-0.2, -0.15) is 0 Å². The second-order valence-corrected chi connectivity index (χ2v) is 6.52. The number of halogens is 3. The summed E-state index contributed by atoms with van der Waals surface area (Å²) in [4.78, 5) is 13.5. The fourth-order valence-corrected chi connectivity index (χ4v) is 2.78. The number of carbonyl (C=O) groups is 1. The fraction of sp³-hybridized carbons (Fsp3) is 0.727. The molecule has 1 atom stereocenters. The molecular weight excluding hydrogens is 300 g/mol. The highest BCUT2D eigenvalue weighted by Crippen LogP contribution is 2.38. The molecule has 104 valence electrons. The van der Waals surface area contributed by atoms with Crippen molar-refractivity contribution in [3.05, 3.63) is 11.3 Å². The first-order chi connectivity index (χ1) is 8.25. The van der Waals surface area contributed by atoms with Crippen molar-refractivity contribution in [2.75, 3.05) is 26.3 Å². The SMILES string of the molecule is CC(=O)/C(=C(/C)O)[C@H](N1CCOCC1)C(Cl)(Cl)Cl. The lowest BCUT2D eigenvalue weighted by Gasteiger charge is -2.38. The lowest BCUT2D eigenvalue weighted by molar-refractivity contribution is -0.114. The Kier molecular flexibility index (Phi) is 5.74. The minimum atomic E-state index is -1.69. The number of aliphatic hydroxyl groups excluding tert-OH is 1. The van der Waals surface area contributed by atoms with Crippen molar-refractivity contribution in [3.63, 3.8) is 0 Å². The minimum absolute atomic E-state index is 0.120. The molecule has 18 heavy (non-hydrogen) atoms. The molecule has 0 bridgehead atoms. The van der Waals surface area contributed by atoms with Crippen LogP contribution in [-0.4, -0.2) is 51.9 Å². The van der Waals surface area contributed by atoms with Gasteiger partial charge in [-0.15, -0.1) is 0 Å². The molecule has 1 saturated heterocycles.